The molecule has 1 saturated heterocycles. The van der Waals surface area contributed by atoms with Crippen LogP contribution < -0.4 is 5.73 Å². The molecule has 1 aliphatic rings. The first-order chi connectivity index (χ1) is 7.16. The highest BCUT2D eigenvalue weighted by Gasteiger charge is 2.33. The number of hydrogen-bond acceptors (Lipinski definition) is 3. The van der Waals surface area contributed by atoms with Gasteiger partial charge in [-0.2, -0.15) is 0 Å². The van der Waals surface area contributed by atoms with Crippen LogP contribution in [0.5, 0.6) is 0 Å². The molecule has 0 aromatic heterocycles. The van der Waals surface area contributed by atoms with Crippen LogP contribution in [0.3, 0.4) is 0 Å². The van der Waals surface area contributed by atoms with Crippen molar-refractivity contribution in [3.63, 3.8) is 0 Å². The number of unbranched alkanes of at least 4 members (excludes halogenated alkanes) is 1. The van der Waals surface area contributed by atoms with Crippen LogP contribution in [0.2, 0.25) is 0 Å². The fourth-order valence-electron chi connectivity index (χ4n) is 1.89. The number of carboxylic acid groups (broad SMARTS) is 1. The van der Waals surface area contributed by atoms with E-state index >= 15 is 0 Å². The van der Waals surface area contributed by atoms with E-state index in [9.17, 15) is 9.59 Å². The summed E-state index contributed by atoms with van der Waals surface area (Å²) < 4.78 is 0. The average Bonchev–Trinajstić information content (AvgIpc) is 2.66. The lowest BCUT2D eigenvalue weighted by Gasteiger charge is -2.21. The Balaban J connectivity index is 2.40. The van der Waals surface area contributed by atoms with Gasteiger partial charge in [-0.25, -0.2) is 4.79 Å². The molecule has 1 fully saturated rings. The molecule has 3 N–H and O–H groups in total. The van der Waals surface area contributed by atoms with Crippen LogP contribution in [0.4, 0.5) is 0 Å². The van der Waals surface area contributed by atoms with Gasteiger partial charge in [0.25, 0.3) is 0 Å². The van der Waals surface area contributed by atoms with Crippen LogP contribution in [0.1, 0.15) is 32.1 Å². The SMILES string of the molecule is NCCCCC(=O)N1CCC[C@H]1C(=O)O. The smallest absolute Gasteiger partial charge is 0.326 e. The minimum atomic E-state index is -0.889. The van der Waals surface area contributed by atoms with Crippen molar-refractivity contribution in [1.82, 2.24) is 4.90 Å². The molecule has 0 aromatic carbocycles. The second-order valence-electron chi connectivity index (χ2n) is 3.83. The zero-order valence-corrected chi connectivity index (χ0v) is 8.82. The Morgan fingerprint density at radius 3 is 2.73 bits per heavy atom. The van der Waals surface area contributed by atoms with Crippen LogP contribution in [0, 0.1) is 0 Å². The van der Waals surface area contributed by atoms with Gasteiger partial charge >= 0.3 is 5.97 Å². The molecule has 1 rings (SSSR count). The van der Waals surface area contributed by atoms with E-state index in [-0.39, 0.29) is 5.91 Å². The lowest BCUT2D eigenvalue weighted by Crippen LogP contribution is -2.40. The van der Waals surface area contributed by atoms with Gasteiger partial charge in [0, 0.05) is 13.0 Å². The van der Waals surface area contributed by atoms with Gasteiger partial charge in [-0.3, -0.25) is 4.79 Å². The number of hydrogen-bond donors (Lipinski definition) is 2. The Hall–Kier alpha value is -1.10. The average molecular weight is 214 g/mol. The van der Waals surface area contributed by atoms with Gasteiger partial charge in [0.05, 0.1) is 0 Å². The highest BCUT2D eigenvalue weighted by atomic mass is 16.4. The zero-order valence-electron chi connectivity index (χ0n) is 8.82. The number of nitrogens with zero attached hydrogens (tertiary/aromatic N) is 1. The lowest BCUT2D eigenvalue weighted by molar-refractivity contribution is -0.148. The predicted octanol–water partition coefficient (Wildman–Crippen LogP) is 0.191. The molecule has 5 nitrogen and oxygen atoms in total. The molecular weight excluding hydrogens is 196 g/mol. The highest BCUT2D eigenvalue weighted by molar-refractivity contribution is 5.84. The second kappa shape index (κ2) is 5.70. The van der Waals surface area contributed by atoms with Gasteiger partial charge in [-0.15, -0.1) is 0 Å². The molecule has 0 unspecified atom stereocenters. The molecule has 15 heavy (non-hydrogen) atoms. The van der Waals surface area contributed by atoms with Gasteiger partial charge in [0.15, 0.2) is 0 Å². The van der Waals surface area contributed by atoms with Crippen molar-refractivity contribution >= 4 is 11.9 Å². The first-order valence-corrected chi connectivity index (χ1v) is 5.39. The molecule has 1 heterocycles. The van der Waals surface area contributed by atoms with Gasteiger partial charge in [0.1, 0.15) is 6.04 Å². The van der Waals surface area contributed by atoms with E-state index in [1.165, 1.54) is 4.90 Å². The van der Waals surface area contributed by atoms with Crippen LogP contribution in [-0.4, -0.2) is 41.0 Å². The van der Waals surface area contributed by atoms with E-state index < -0.39 is 12.0 Å². The third kappa shape index (κ3) is 3.20. The fraction of sp³-hybridized carbons (Fsp3) is 0.800. The van der Waals surface area contributed by atoms with Crippen LogP contribution in [0.25, 0.3) is 0 Å². The third-order valence-corrected chi connectivity index (χ3v) is 2.70. The number of aliphatic carboxylic acids is 1. The summed E-state index contributed by atoms with van der Waals surface area (Å²) in [6.07, 6.45) is 3.36. The summed E-state index contributed by atoms with van der Waals surface area (Å²) in [6, 6.07) is -0.602. The van der Waals surface area contributed by atoms with E-state index in [0.29, 0.717) is 25.9 Å². The zero-order chi connectivity index (χ0) is 11.3. The second-order valence-corrected chi connectivity index (χ2v) is 3.83. The Labute approximate surface area is 89.2 Å². The fourth-order valence-corrected chi connectivity index (χ4v) is 1.89. The van der Waals surface area contributed by atoms with Crippen LogP contribution >= 0.6 is 0 Å². The van der Waals surface area contributed by atoms with Crippen molar-refractivity contribution in [2.24, 2.45) is 5.73 Å². The lowest BCUT2D eigenvalue weighted by atomic mass is 10.2. The van der Waals surface area contributed by atoms with E-state index in [0.717, 1.165) is 19.3 Å². The summed E-state index contributed by atoms with van der Waals surface area (Å²) >= 11 is 0. The maximum absolute atomic E-state index is 11.7. The molecule has 86 valence electrons. The van der Waals surface area contributed by atoms with Crippen molar-refractivity contribution in [2.45, 2.75) is 38.1 Å². The summed E-state index contributed by atoms with van der Waals surface area (Å²) in [4.78, 5) is 24.0. The van der Waals surface area contributed by atoms with E-state index in [1.54, 1.807) is 0 Å². The molecule has 0 aromatic rings. The molecule has 1 atom stereocenters. The van der Waals surface area contributed by atoms with E-state index in [4.69, 9.17) is 10.8 Å². The number of likely N-dealkylation sites (tertiary alicyclic amines) is 1. The van der Waals surface area contributed by atoms with Crippen molar-refractivity contribution in [3.8, 4) is 0 Å². The number of amides is 1. The van der Waals surface area contributed by atoms with Crippen molar-refractivity contribution in [3.05, 3.63) is 0 Å². The quantitative estimate of drug-likeness (QED) is 0.640. The minimum Gasteiger partial charge on any atom is -0.480 e. The Morgan fingerprint density at radius 2 is 2.13 bits per heavy atom. The highest BCUT2D eigenvalue weighted by Crippen LogP contribution is 2.18. The maximum atomic E-state index is 11.7. The standard InChI is InChI=1S/C10H18N2O3/c11-6-2-1-5-9(13)12-7-3-4-8(12)10(14)15/h8H,1-7,11H2,(H,14,15)/t8-/m0/s1. The number of carbonyl (C=O) groups is 2. The molecular formula is C10H18N2O3. The molecule has 0 aliphatic carbocycles. The summed E-state index contributed by atoms with van der Waals surface area (Å²) in [5, 5.41) is 8.89. The van der Waals surface area contributed by atoms with E-state index in [1.807, 2.05) is 0 Å². The summed E-state index contributed by atoms with van der Waals surface area (Å²) in [5.74, 6) is -0.937. The first-order valence-electron chi connectivity index (χ1n) is 5.39. The van der Waals surface area contributed by atoms with Crippen molar-refractivity contribution in [1.29, 1.82) is 0 Å². The first kappa shape index (κ1) is 12.0. The van der Waals surface area contributed by atoms with Crippen molar-refractivity contribution < 1.29 is 14.7 Å². The summed E-state index contributed by atoms with van der Waals surface area (Å²) in [6.45, 7) is 1.16. The predicted molar refractivity (Wildman–Crippen MR) is 55.3 cm³/mol. The van der Waals surface area contributed by atoms with Gasteiger partial charge in [-0.1, -0.05) is 0 Å². The molecule has 0 bridgehead atoms. The number of rotatable bonds is 5. The molecule has 0 radical (unpaired) electrons. The van der Waals surface area contributed by atoms with Crippen molar-refractivity contribution in [2.75, 3.05) is 13.1 Å². The molecule has 0 spiro atoms. The molecule has 5 heteroatoms. The minimum absolute atomic E-state index is 0.0478. The summed E-state index contributed by atoms with van der Waals surface area (Å²) in [5.41, 5.74) is 5.32. The summed E-state index contributed by atoms with van der Waals surface area (Å²) in [7, 11) is 0. The van der Waals surface area contributed by atoms with Gasteiger partial charge in [-0.05, 0) is 32.2 Å². The Bertz CT molecular complexity index is 243. The van der Waals surface area contributed by atoms with Crippen LogP contribution in [0.15, 0.2) is 0 Å². The largest absolute Gasteiger partial charge is 0.480 e. The monoisotopic (exact) mass is 214 g/mol. The third-order valence-electron chi connectivity index (χ3n) is 2.70. The number of carboxylic acids is 1. The van der Waals surface area contributed by atoms with Crippen LogP contribution in [-0.2, 0) is 9.59 Å². The topological polar surface area (TPSA) is 83.6 Å². The maximum Gasteiger partial charge on any atom is 0.326 e. The molecule has 1 amide bonds. The molecule has 1 aliphatic heterocycles. The normalized spacial score (nSPS) is 20.6. The number of carbonyl (C=O) groups excluding carboxylic acids is 1. The number of nitrogens with two attached hydrogens (primary N) is 1. The van der Waals surface area contributed by atoms with Gasteiger partial charge < -0.3 is 15.7 Å². The Kier molecular flexibility index (Phi) is 4.55. The Morgan fingerprint density at radius 1 is 1.40 bits per heavy atom. The van der Waals surface area contributed by atoms with E-state index in [2.05, 4.69) is 0 Å². The molecule has 0 saturated carbocycles. The van der Waals surface area contributed by atoms with Gasteiger partial charge in [0.2, 0.25) is 5.91 Å².